The molecule has 6 heteroatoms. The molecule has 1 unspecified atom stereocenters. The van der Waals surface area contributed by atoms with Gasteiger partial charge in [-0.15, -0.1) is 0 Å². The first-order valence-electron chi connectivity index (χ1n) is 6.56. The van der Waals surface area contributed by atoms with Crippen LogP contribution in [-0.4, -0.2) is 38.3 Å². The van der Waals surface area contributed by atoms with Crippen molar-refractivity contribution in [2.75, 3.05) is 6.54 Å². The summed E-state index contributed by atoms with van der Waals surface area (Å²) < 4.78 is 2.91. The minimum atomic E-state index is -0.760. The summed E-state index contributed by atoms with van der Waals surface area (Å²) in [7, 11) is 1.93. The monoisotopic (exact) mass is 331 g/mol. The van der Waals surface area contributed by atoms with Crippen LogP contribution in [0, 0.1) is 0 Å². The zero-order chi connectivity index (χ0) is 14.6. The highest BCUT2D eigenvalue weighted by molar-refractivity contribution is 9.10. The summed E-state index contributed by atoms with van der Waals surface area (Å²) in [5.74, 6) is -0.760. The molecule has 0 bridgehead atoms. The van der Waals surface area contributed by atoms with Crippen LogP contribution in [0.4, 0.5) is 0 Å². The van der Waals surface area contributed by atoms with E-state index in [1.165, 1.54) is 0 Å². The van der Waals surface area contributed by atoms with Crippen LogP contribution in [0.15, 0.2) is 4.47 Å². The molecule has 1 rings (SSSR count). The molecule has 1 aromatic rings. The number of carboxylic acid groups (broad SMARTS) is 1. The lowest BCUT2D eigenvalue weighted by atomic mass is 10.2. The van der Waals surface area contributed by atoms with E-state index in [2.05, 4.69) is 32.9 Å². The van der Waals surface area contributed by atoms with Crippen LogP contribution >= 0.6 is 15.9 Å². The van der Waals surface area contributed by atoms with E-state index in [-0.39, 0.29) is 12.5 Å². The van der Waals surface area contributed by atoms with Gasteiger partial charge in [-0.25, -0.2) is 0 Å². The Hall–Kier alpha value is -0.880. The third-order valence-electron chi connectivity index (χ3n) is 3.36. The second kappa shape index (κ2) is 7.05. The molecule has 0 radical (unpaired) electrons. The molecule has 0 saturated carbocycles. The zero-order valence-electron chi connectivity index (χ0n) is 12.0. The molecule has 0 saturated heterocycles. The van der Waals surface area contributed by atoms with Crippen molar-refractivity contribution >= 4 is 21.9 Å². The first-order valence-corrected chi connectivity index (χ1v) is 7.36. The van der Waals surface area contributed by atoms with Gasteiger partial charge < -0.3 is 5.11 Å². The predicted octanol–water partition coefficient (Wildman–Crippen LogP) is 2.43. The molecule has 1 heterocycles. The van der Waals surface area contributed by atoms with Crippen molar-refractivity contribution in [3.8, 4) is 0 Å². The lowest BCUT2D eigenvalue weighted by Crippen LogP contribution is -2.34. The van der Waals surface area contributed by atoms with Crippen LogP contribution in [0.1, 0.15) is 38.6 Å². The third-order valence-corrected chi connectivity index (χ3v) is 4.27. The van der Waals surface area contributed by atoms with Gasteiger partial charge in [0.05, 0.1) is 22.3 Å². The fraction of sp³-hybridized carbons (Fsp3) is 0.692. The number of aryl methyl sites for hydroxylation is 2. The summed E-state index contributed by atoms with van der Waals surface area (Å²) in [6, 6.07) is 0.00868. The summed E-state index contributed by atoms with van der Waals surface area (Å²) in [6.07, 6.45) is 1.04. The Balaban J connectivity index is 2.86. The minimum Gasteiger partial charge on any atom is -0.481 e. The number of carboxylic acids is 1. The largest absolute Gasteiger partial charge is 0.481 e. The maximum absolute atomic E-state index is 10.8. The normalized spacial score (nSPS) is 12.9. The molecular formula is C13H22BrN3O2. The lowest BCUT2D eigenvalue weighted by molar-refractivity contribution is -0.138. The molecule has 1 atom stereocenters. The van der Waals surface area contributed by atoms with E-state index < -0.39 is 5.97 Å². The molecule has 0 spiro atoms. The first kappa shape index (κ1) is 16.2. The highest BCUT2D eigenvalue weighted by atomic mass is 79.9. The summed E-state index contributed by atoms with van der Waals surface area (Å²) in [5.41, 5.74) is 2.13. The fourth-order valence-electron chi connectivity index (χ4n) is 2.15. The summed E-state index contributed by atoms with van der Waals surface area (Å²) in [5, 5.41) is 13.4. The third kappa shape index (κ3) is 4.04. The van der Waals surface area contributed by atoms with Crippen LogP contribution in [0.2, 0.25) is 0 Å². The first-order chi connectivity index (χ1) is 8.90. The van der Waals surface area contributed by atoms with Crippen molar-refractivity contribution in [2.45, 2.75) is 46.2 Å². The quantitative estimate of drug-likeness (QED) is 0.833. The number of rotatable bonds is 7. The summed E-state index contributed by atoms with van der Waals surface area (Å²) in [4.78, 5) is 13.0. The molecular weight excluding hydrogens is 310 g/mol. The van der Waals surface area contributed by atoms with Crippen molar-refractivity contribution in [2.24, 2.45) is 7.05 Å². The Kier molecular flexibility index (Phi) is 6.00. The molecule has 0 aliphatic rings. The van der Waals surface area contributed by atoms with E-state index in [1.54, 1.807) is 0 Å². The second-order valence-electron chi connectivity index (χ2n) is 4.69. The Labute approximate surface area is 122 Å². The molecule has 0 aromatic carbocycles. The van der Waals surface area contributed by atoms with E-state index in [0.717, 1.165) is 28.8 Å². The molecule has 0 amide bonds. The van der Waals surface area contributed by atoms with Gasteiger partial charge in [0.2, 0.25) is 0 Å². The topological polar surface area (TPSA) is 58.4 Å². The zero-order valence-corrected chi connectivity index (χ0v) is 13.6. The number of halogens is 1. The van der Waals surface area contributed by atoms with Crippen molar-refractivity contribution in [3.63, 3.8) is 0 Å². The van der Waals surface area contributed by atoms with E-state index in [1.807, 2.05) is 25.6 Å². The van der Waals surface area contributed by atoms with Crippen molar-refractivity contribution in [1.82, 2.24) is 14.7 Å². The number of aromatic nitrogens is 2. The van der Waals surface area contributed by atoms with E-state index in [9.17, 15) is 4.79 Å². The van der Waals surface area contributed by atoms with E-state index >= 15 is 0 Å². The molecule has 1 N–H and O–H groups in total. The molecule has 0 aliphatic heterocycles. The lowest BCUT2D eigenvalue weighted by Gasteiger charge is -2.26. The number of hydrogen-bond donors (Lipinski definition) is 1. The van der Waals surface area contributed by atoms with Crippen molar-refractivity contribution in [1.29, 1.82) is 0 Å². The molecule has 0 fully saturated rings. The van der Waals surface area contributed by atoms with Gasteiger partial charge in [0.25, 0.3) is 0 Å². The molecule has 19 heavy (non-hydrogen) atoms. The SMILES string of the molecule is CCc1nn(C)c(CN(CC)C(C)CC(=O)O)c1Br. The van der Waals surface area contributed by atoms with Gasteiger partial charge in [-0.2, -0.15) is 5.10 Å². The van der Waals surface area contributed by atoms with Gasteiger partial charge in [0.15, 0.2) is 0 Å². The second-order valence-corrected chi connectivity index (χ2v) is 5.49. The van der Waals surface area contributed by atoms with Crippen molar-refractivity contribution < 1.29 is 9.90 Å². The van der Waals surface area contributed by atoms with Crippen LogP contribution in [-0.2, 0) is 24.8 Å². The van der Waals surface area contributed by atoms with Gasteiger partial charge in [-0.1, -0.05) is 13.8 Å². The van der Waals surface area contributed by atoms with Gasteiger partial charge >= 0.3 is 5.97 Å². The average Bonchev–Trinajstić information content (AvgIpc) is 2.61. The van der Waals surface area contributed by atoms with Crippen LogP contribution in [0.25, 0.3) is 0 Å². The highest BCUT2D eigenvalue weighted by Crippen LogP contribution is 2.23. The Morgan fingerprint density at radius 1 is 1.53 bits per heavy atom. The highest BCUT2D eigenvalue weighted by Gasteiger charge is 2.20. The van der Waals surface area contributed by atoms with Gasteiger partial charge in [0, 0.05) is 19.6 Å². The van der Waals surface area contributed by atoms with E-state index in [0.29, 0.717) is 6.54 Å². The molecule has 108 valence electrons. The number of carbonyl (C=O) groups is 1. The minimum absolute atomic E-state index is 0.00868. The number of hydrogen-bond acceptors (Lipinski definition) is 3. The fourth-order valence-corrected chi connectivity index (χ4v) is 2.89. The van der Waals surface area contributed by atoms with Crippen LogP contribution in [0.5, 0.6) is 0 Å². The molecule has 0 aliphatic carbocycles. The van der Waals surface area contributed by atoms with Crippen LogP contribution in [0.3, 0.4) is 0 Å². The molecule has 5 nitrogen and oxygen atoms in total. The summed E-state index contributed by atoms with van der Waals surface area (Å²) in [6.45, 7) is 7.58. The maximum Gasteiger partial charge on any atom is 0.304 e. The maximum atomic E-state index is 10.8. The number of nitrogens with zero attached hydrogens (tertiary/aromatic N) is 3. The number of aliphatic carboxylic acids is 1. The smallest absolute Gasteiger partial charge is 0.304 e. The molecule has 1 aromatic heterocycles. The Morgan fingerprint density at radius 3 is 2.58 bits per heavy atom. The average molecular weight is 332 g/mol. The standard InChI is InChI=1S/C13H22BrN3O2/c1-5-10-13(14)11(16(4)15-10)8-17(6-2)9(3)7-12(18)19/h9H,5-8H2,1-4H3,(H,18,19). The van der Waals surface area contributed by atoms with Gasteiger partial charge in [0.1, 0.15) is 0 Å². The summed E-state index contributed by atoms with van der Waals surface area (Å²) >= 11 is 3.59. The van der Waals surface area contributed by atoms with Crippen LogP contribution < -0.4 is 0 Å². The van der Waals surface area contributed by atoms with E-state index in [4.69, 9.17) is 5.11 Å². The Bertz CT molecular complexity index is 445. The predicted molar refractivity (Wildman–Crippen MR) is 78.1 cm³/mol. The van der Waals surface area contributed by atoms with Gasteiger partial charge in [-0.05, 0) is 35.8 Å². The van der Waals surface area contributed by atoms with Crippen molar-refractivity contribution in [3.05, 3.63) is 15.9 Å². The Morgan fingerprint density at radius 2 is 2.16 bits per heavy atom. The van der Waals surface area contributed by atoms with Gasteiger partial charge in [-0.3, -0.25) is 14.4 Å².